The smallest absolute Gasteiger partial charge is 0.236 e. The van der Waals surface area contributed by atoms with Crippen molar-refractivity contribution in [3.05, 3.63) is 65.5 Å². The molecule has 2 aromatic carbocycles. The lowest BCUT2D eigenvalue weighted by molar-refractivity contribution is -0.118. The molecule has 108 valence electrons. The molecule has 0 radical (unpaired) electrons. The second kappa shape index (κ2) is 7.19. The Kier molecular flexibility index (Phi) is 5.04. The molecule has 2 rings (SSSR count). The first-order chi connectivity index (χ1) is 10.1. The summed E-state index contributed by atoms with van der Waals surface area (Å²) >= 11 is 0. The molecule has 4 nitrogen and oxygen atoms in total. The van der Waals surface area contributed by atoms with Crippen LogP contribution in [0.1, 0.15) is 18.1 Å². The van der Waals surface area contributed by atoms with Crippen molar-refractivity contribution < 1.29 is 13.9 Å². The largest absolute Gasteiger partial charge is 0.488 e. The fourth-order valence-electron chi connectivity index (χ4n) is 1.70. The van der Waals surface area contributed by atoms with Crippen molar-refractivity contribution in [2.24, 2.45) is 5.10 Å². The number of benzene rings is 2. The molecule has 1 N–H and O–H groups in total. The zero-order chi connectivity index (χ0) is 15.1. The summed E-state index contributed by atoms with van der Waals surface area (Å²) in [5.74, 6) is 0.0666. The van der Waals surface area contributed by atoms with Gasteiger partial charge in [-0.1, -0.05) is 24.3 Å². The molecule has 0 atom stereocenters. The van der Waals surface area contributed by atoms with Crippen LogP contribution in [0.3, 0.4) is 0 Å². The van der Waals surface area contributed by atoms with Crippen LogP contribution in [-0.2, 0) is 11.4 Å². The van der Waals surface area contributed by atoms with Crippen LogP contribution in [0, 0.1) is 5.82 Å². The third-order valence-corrected chi connectivity index (χ3v) is 2.63. The number of ether oxygens (including phenoxy) is 1. The maximum Gasteiger partial charge on any atom is 0.236 e. The number of nitrogens with zero attached hydrogens (tertiary/aromatic N) is 1. The van der Waals surface area contributed by atoms with Crippen molar-refractivity contribution in [1.29, 1.82) is 0 Å². The summed E-state index contributed by atoms with van der Waals surface area (Å²) in [6, 6.07) is 13.5. The molecule has 0 fully saturated rings. The summed E-state index contributed by atoms with van der Waals surface area (Å²) in [7, 11) is 0. The molecule has 5 heteroatoms. The van der Waals surface area contributed by atoms with Gasteiger partial charge in [-0.05, 0) is 29.8 Å². The molecular formula is C16H15FN2O2. The van der Waals surface area contributed by atoms with Gasteiger partial charge < -0.3 is 4.74 Å². The van der Waals surface area contributed by atoms with Crippen LogP contribution in [0.4, 0.5) is 4.39 Å². The third-order valence-electron chi connectivity index (χ3n) is 2.63. The summed E-state index contributed by atoms with van der Waals surface area (Å²) in [5, 5.41) is 3.81. The molecule has 0 aliphatic rings. The SMILES string of the molecule is CC(=O)N/N=C\c1ccccc1OCc1cccc(F)c1. The average molecular weight is 286 g/mol. The highest BCUT2D eigenvalue weighted by molar-refractivity contribution is 5.84. The van der Waals surface area contributed by atoms with Crippen molar-refractivity contribution in [3.63, 3.8) is 0 Å². The fourth-order valence-corrected chi connectivity index (χ4v) is 1.70. The van der Waals surface area contributed by atoms with Crippen LogP contribution in [0.15, 0.2) is 53.6 Å². The molecule has 0 aromatic heterocycles. The Bertz CT molecular complexity index is 656. The van der Waals surface area contributed by atoms with E-state index in [1.165, 1.54) is 25.3 Å². The van der Waals surface area contributed by atoms with Crippen LogP contribution in [-0.4, -0.2) is 12.1 Å². The van der Waals surface area contributed by atoms with Crippen LogP contribution in [0.5, 0.6) is 5.75 Å². The van der Waals surface area contributed by atoms with Gasteiger partial charge in [0.15, 0.2) is 0 Å². The molecule has 0 saturated heterocycles. The minimum atomic E-state index is -0.295. The molecule has 21 heavy (non-hydrogen) atoms. The van der Waals surface area contributed by atoms with E-state index in [-0.39, 0.29) is 18.3 Å². The van der Waals surface area contributed by atoms with Gasteiger partial charge >= 0.3 is 0 Å². The minimum absolute atomic E-state index is 0.246. The lowest BCUT2D eigenvalue weighted by Crippen LogP contribution is -2.12. The number of hydrazone groups is 1. The average Bonchev–Trinajstić information content (AvgIpc) is 2.46. The fraction of sp³-hybridized carbons (Fsp3) is 0.125. The molecule has 0 heterocycles. The summed E-state index contributed by atoms with van der Waals surface area (Å²) in [5.41, 5.74) is 3.79. The van der Waals surface area contributed by atoms with E-state index >= 15 is 0 Å². The van der Waals surface area contributed by atoms with E-state index in [9.17, 15) is 9.18 Å². The van der Waals surface area contributed by atoms with Crippen molar-refractivity contribution in [3.8, 4) is 5.75 Å². The Morgan fingerprint density at radius 2 is 2.10 bits per heavy atom. The number of carbonyl (C=O) groups excluding carboxylic acids is 1. The van der Waals surface area contributed by atoms with Crippen LogP contribution in [0.2, 0.25) is 0 Å². The van der Waals surface area contributed by atoms with E-state index in [1.54, 1.807) is 18.2 Å². The first kappa shape index (κ1) is 14.7. The molecule has 0 aliphatic carbocycles. The number of halogens is 1. The van der Waals surface area contributed by atoms with Gasteiger partial charge in [-0.3, -0.25) is 4.79 Å². The summed E-state index contributed by atoms with van der Waals surface area (Å²) < 4.78 is 18.8. The summed E-state index contributed by atoms with van der Waals surface area (Å²) in [6.07, 6.45) is 1.50. The predicted octanol–water partition coefficient (Wildman–Crippen LogP) is 2.87. The van der Waals surface area contributed by atoms with E-state index in [4.69, 9.17) is 4.74 Å². The first-order valence-electron chi connectivity index (χ1n) is 6.41. The van der Waals surface area contributed by atoms with E-state index < -0.39 is 0 Å². The van der Waals surface area contributed by atoms with Crippen molar-refractivity contribution in [2.75, 3.05) is 0 Å². The quantitative estimate of drug-likeness (QED) is 0.678. The van der Waals surface area contributed by atoms with Crippen molar-refractivity contribution in [2.45, 2.75) is 13.5 Å². The lowest BCUT2D eigenvalue weighted by Gasteiger charge is -2.09. The minimum Gasteiger partial charge on any atom is -0.488 e. The van der Waals surface area contributed by atoms with Gasteiger partial charge in [-0.15, -0.1) is 0 Å². The van der Waals surface area contributed by atoms with E-state index in [0.29, 0.717) is 5.75 Å². The lowest BCUT2D eigenvalue weighted by atomic mass is 10.2. The second-order valence-electron chi connectivity index (χ2n) is 4.38. The first-order valence-corrected chi connectivity index (χ1v) is 6.41. The highest BCUT2D eigenvalue weighted by Crippen LogP contribution is 2.17. The maximum atomic E-state index is 13.1. The molecule has 0 bridgehead atoms. The standard InChI is InChI=1S/C16H15FN2O2/c1-12(20)19-18-10-14-6-2-3-8-16(14)21-11-13-5-4-7-15(17)9-13/h2-10H,11H2,1H3,(H,19,20)/b18-10-. The predicted molar refractivity (Wildman–Crippen MR) is 78.6 cm³/mol. The van der Waals surface area contributed by atoms with Crippen molar-refractivity contribution in [1.82, 2.24) is 5.43 Å². The number of hydrogen-bond acceptors (Lipinski definition) is 3. The number of hydrogen-bond donors (Lipinski definition) is 1. The number of para-hydroxylation sites is 1. The normalized spacial score (nSPS) is 10.6. The van der Waals surface area contributed by atoms with Gasteiger partial charge in [0.2, 0.25) is 5.91 Å². The van der Waals surface area contributed by atoms with E-state index in [1.807, 2.05) is 18.2 Å². The second-order valence-corrected chi connectivity index (χ2v) is 4.38. The van der Waals surface area contributed by atoms with Gasteiger partial charge in [0, 0.05) is 12.5 Å². The molecule has 0 saturated carbocycles. The van der Waals surface area contributed by atoms with E-state index in [0.717, 1.165) is 11.1 Å². The molecular weight excluding hydrogens is 271 g/mol. The van der Waals surface area contributed by atoms with Gasteiger partial charge in [-0.25, -0.2) is 9.82 Å². The highest BCUT2D eigenvalue weighted by atomic mass is 19.1. The van der Waals surface area contributed by atoms with Gasteiger partial charge in [0.1, 0.15) is 18.2 Å². The van der Waals surface area contributed by atoms with Crippen molar-refractivity contribution >= 4 is 12.1 Å². The van der Waals surface area contributed by atoms with Crippen LogP contribution < -0.4 is 10.2 Å². The Hall–Kier alpha value is -2.69. The van der Waals surface area contributed by atoms with Gasteiger partial charge in [0.05, 0.1) is 6.21 Å². The Labute approximate surface area is 122 Å². The molecule has 1 amide bonds. The van der Waals surface area contributed by atoms with Gasteiger partial charge in [-0.2, -0.15) is 5.10 Å². The van der Waals surface area contributed by atoms with Crippen LogP contribution >= 0.6 is 0 Å². The Balaban J connectivity index is 2.06. The Morgan fingerprint density at radius 3 is 2.86 bits per heavy atom. The zero-order valence-electron chi connectivity index (χ0n) is 11.5. The summed E-state index contributed by atoms with van der Waals surface area (Å²) in [4.78, 5) is 10.8. The maximum absolute atomic E-state index is 13.1. The van der Waals surface area contributed by atoms with E-state index in [2.05, 4.69) is 10.5 Å². The molecule has 0 aliphatic heterocycles. The zero-order valence-corrected chi connectivity index (χ0v) is 11.5. The monoisotopic (exact) mass is 286 g/mol. The molecule has 2 aromatic rings. The number of nitrogens with one attached hydrogen (secondary N) is 1. The topological polar surface area (TPSA) is 50.7 Å². The molecule has 0 unspecified atom stereocenters. The molecule has 0 spiro atoms. The summed E-state index contributed by atoms with van der Waals surface area (Å²) in [6.45, 7) is 1.63. The number of amides is 1. The van der Waals surface area contributed by atoms with Crippen LogP contribution in [0.25, 0.3) is 0 Å². The third kappa shape index (κ3) is 4.72. The number of rotatable bonds is 5. The Morgan fingerprint density at radius 1 is 1.29 bits per heavy atom. The highest BCUT2D eigenvalue weighted by Gasteiger charge is 2.02. The van der Waals surface area contributed by atoms with Gasteiger partial charge in [0.25, 0.3) is 0 Å². The number of carbonyl (C=O) groups is 1.